The molecule has 2 heterocycles. The van der Waals surface area contributed by atoms with Gasteiger partial charge in [0.2, 0.25) is 0 Å². The summed E-state index contributed by atoms with van der Waals surface area (Å²) in [5.74, 6) is -0.586. The minimum absolute atomic E-state index is 0.0276. The van der Waals surface area contributed by atoms with Crippen LogP contribution in [0, 0.1) is 0 Å². The Morgan fingerprint density at radius 2 is 1.53 bits per heavy atom. The van der Waals surface area contributed by atoms with Crippen molar-refractivity contribution >= 4 is 38.3 Å². The second kappa shape index (κ2) is 10.5. The number of aliphatic hydroxyl groups is 2. The molecular weight excluding hydrogens is 436 g/mol. The Morgan fingerprint density at radius 3 is 2.06 bits per heavy atom. The number of hydrogen-bond acceptors (Lipinski definition) is 8. The number of rotatable bonds is 5. The number of hydrogen-bond donors (Lipinski definition) is 6. The van der Waals surface area contributed by atoms with E-state index in [1.165, 1.54) is 6.07 Å². The largest absolute Gasteiger partial charge is 0.549 e. The van der Waals surface area contributed by atoms with Crippen LogP contribution in [0.2, 0.25) is 0 Å². The molecule has 0 amide bonds. The third kappa shape index (κ3) is 6.49. The standard InChI is InChI=1S/C12H10O4S.C9H16N4O2/c13-12(14)8-17(15,16)11-7-3-5-9-4-1-2-6-10(9)11;14-6-2-10-8(11-3-6)1-9-12-4-7(15)5-13-9/h1-7H,8H2,(H,13,14);6-7,14-15H,1-5H2,(H,10,11)(H,12,13)/p+1. The Kier molecular flexibility index (Phi) is 7.78. The first kappa shape index (κ1) is 23.6. The molecule has 2 atom stereocenters. The molecule has 11 heteroatoms. The summed E-state index contributed by atoms with van der Waals surface area (Å²) in [7, 11) is -3.85. The number of carboxylic acids is 1. The molecule has 0 fully saturated rings. The predicted molar refractivity (Wildman–Crippen MR) is 115 cm³/mol. The molecule has 0 saturated heterocycles. The maximum absolute atomic E-state index is 11.8. The molecule has 0 aromatic heterocycles. The highest BCUT2D eigenvalue weighted by Crippen LogP contribution is 2.23. The van der Waals surface area contributed by atoms with E-state index in [1.54, 1.807) is 36.4 Å². The summed E-state index contributed by atoms with van der Waals surface area (Å²) in [5, 5.41) is 36.5. The van der Waals surface area contributed by atoms with Crippen molar-refractivity contribution in [3.63, 3.8) is 0 Å². The monoisotopic (exact) mass is 463 g/mol. The van der Waals surface area contributed by atoms with Crippen LogP contribution in [-0.4, -0.2) is 80.4 Å². The topological polar surface area (TPSA) is 167 Å². The number of carbonyl (C=O) groups excluding carboxylic acids is 1. The molecule has 0 saturated carbocycles. The molecule has 6 N–H and O–H groups in total. The molecule has 4 rings (SSSR count). The third-order valence-corrected chi connectivity index (χ3v) is 6.59. The highest BCUT2D eigenvalue weighted by atomic mass is 32.2. The molecule has 2 aromatic carbocycles. The van der Waals surface area contributed by atoms with Gasteiger partial charge in [-0.2, -0.15) is 0 Å². The number of fused-ring (bicyclic) bond motifs is 1. The molecule has 2 aliphatic rings. The van der Waals surface area contributed by atoms with Crippen LogP contribution in [0.1, 0.15) is 6.42 Å². The SMILES string of the molecule is O=C([O-])CS(=O)(=O)c1cccc2ccccc12.OC1CNC(CC2=[NH+]CC(O)CN2)=[NH+]C1. The second-order valence-corrected chi connectivity index (χ2v) is 9.53. The van der Waals surface area contributed by atoms with E-state index in [9.17, 15) is 28.5 Å². The predicted octanol–water partition coefficient (Wildman–Crippen LogP) is -5.37. The number of aliphatic carboxylic acids is 1. The van der Waals surface area contributed by atoms with E-state index in [0.29, 0.717) is 31.6 Å². The maximum Gasteiger partial charge on any atom is 0.255 e. The highest BCUT2D eigenvalue weighted by molar-refractivity contribution is 7.92. The normalized spacial score (nSPS) is 20.7. The molecule has 32 heavy (non-hydrogen) atoms. The lowest BCUT2D eigenvalue weighted by Gasteiger charge is -2.15. The van der Waals surface area contributed by atoms with Crippen molar-refractivity contribution in [2.45, 2.75) is 23.5 Å². The van der Waals surface area contributed by atoms with E-state index in [1.807, 2.05) is 0 Å². The Bertz CT molecular complexity index is 1100. The van der Waals surface area contributed by atoms with E-state index in [0.717, 1.165) is 23.5 Å². The molecule has 2 unspecified atom stereocenters. The van der Waals surface area contributed by atoms with Gasteiger partial charge in [-0.3, -0.25) is 20.6 Å². The number of nitrogens with one attached hydrogen (secondary N) is 4. The quantitative estimate of drug-likeness (QED) is 0.256. The lowest BCUT2D eigenvalue weighted by molar-refractivity contribution is -0.483. The van der Waals surface area contributed by atoms with Crippen LogP contribution in [-0.2, 0) is 14.6 Å². The summed E-state index contributed by atoms with van der Waals surface area (Å²) in [6.45, 7) is 2.38. The molecule has 10 nitrogen and oxygen atoms in total. The maximum atomic E-state index is 11.8. The Morgan fingerprint density at radius 1 is 0.969 bits per heavy atom. The van der Waals surface area contributed by atoms with Crippen molar-refractivity contribution in [2.24, 2.45) is 0 Å². The zero-order valence-corrected chi connectivity index (χ0v) is 18.2. The van der Waals surface area contributed by atoms with Gasteiger partial charge in [-0.25, -0.2) is 8.42 Å². The molecule has 2 aromatic rings. The van der Waals surface area contributed by atoms with Crippen molar-refractivity contribution < 1.29 is 38.5 Å². The molecule has 0 aliphatic carbocycles. The molecular formula is C21H27N4O6S+. The molecule has 0 radical (unpaired) electrons. The lowest BCUT2D eigenvalue weighted by atomic mass is 10.1. The second-order valence-electron chi connectivity index (χ2n) is 7.57. The van der Waals surface area contributed by atoms with Crippen molar-refractivity contribution in [1.29, 1.82) is 0 Å². The average molecular weight is 464 g/mol. The van der Waals surface area contributed by atoms with Gasteiger partial charge in [0.15, 0.2) is 9.84 Å². The summed E-state index contributed by atoms with van der Waals surface area (Å²) in [6, 6.07) is 11.7. The minimum atomic E-state index is -3.85. The summed E-state index contributed by atoms with van der Waals surface area (Å²) in [4.78, 5) is 16.7. The first-order valence-corrected chi connectivity index (χ1v) is 11.8. The van der Waals surface area contributed by atoms with Crippen molar-refractivity contribution in [1.82, 2.24) is 10.6 Å². The van der Waals surface area contributed by atoms with E-state index < -0.39 is 21.6 Å². The van der Waals surface area contributed by atoms with Crippen LogP contribution in [0.4, 0.5) is 0 Å². The minimum Gasteiger partial charge on any atom is -0.549 e. The van der Waals surface area contributed by atoms with Crippen LogP contribution < -0.4 is 25.7 Å². The molecule has 0 bridgehead atoms. The van der Waals surface area contributed by atoms with Gasteiger partial charge in [0.05, 0.1) is 16.6 Å². The molecule has 2 aliphatic heterocycles. The van der Waals surface area contributed by atoms with Gasteiger partial charge in [0.1, 0.15) is 44.8 Å². The summed E-state index contributed by atoms with van der Waals surface area (Å²) >= 11 is 0. The average Bonchev–Trinajstić information content (AvgIpc) is 2.76. The zero-order chi connectivity index (χ0) is 23.1. The Labute approximate surface area is 185 Å². The number of benzene rings is 2. The van der Waals surface area contributed by atoms with E-state index in [-0.39, 0.29) is 17.1 Å². The first-order valence-electron chi connectivity index (χ1n) is 10.2. The fraction of sp³-hybridized carbons (Fsp3) is 0.381. The van der Waals surface area contributed by atoms with Gasteiger partial charge < -0.3 is 20.1 Å². The zero-order valence-electron chi connectivity index (χ0n) is 17.4. The van der Waals surface area contributed by atoms with Crippen LogP contribution in [0.5, 0.6) is 0 Å². The van der Waals surface area contributed by atoms with Gasteiger partial charge in [-0.05, 0) is 11.5 Å². The van der Waals surface area contributed by atoms with Crippen molar-refractivity contribution in [3.8, 4) is 0 Å². The fourth-order valence-electron chi connectivity index (χ4n) is 3.36. The molecule has 172 valence electrons. The van der Waals surface area contributed by atoms with Gasteiger partial charge in [-0.1, -0.05) is 36.4 Å². The smallest absolute Gasteiger partial charge is 0.255 e. The Hall–Kier alpha value is -3.02. The number of aliphatic hydroxyl groups excluding tert-OH is 2. The third-order valence-electron chi connectivity index (χ3n) is 4.95. The Balaban J connectivity index is 0.000000182. The summed E-state index contributed by atoms with van der Waals surface area (Å²) in [6.07, 6.45) is 0.111. The van der Waals surface area contributed by atoms with E-state index in [4.69, 9.17) is 0 Å². The first-order chi connectivity index (χ1) is 15.2. The van der Waals surface area contributed by atoms with E-state index in [2.05, 4.69) is 20.6 Å². The van der Waals surface area contributed by atoms with Crippen LogP contribution in [0.15, 0.2) is 47.4 Å². The number of carbonyl (C=O) groups is 1. The summed E-state index contributed by atoms with van der Waals surface area (Å²) < 4.78 is 23.7. The van der Waals surface area contributed by atoms with Crippen LogP contribution >= 0.6 is 0 Å². The van der Waals surface area contributed by atoms with Gasteiger partial charge in [0, 0.05) is 5.39 Å². The van der Waals surface area contributed by atoms with Gasteiger partial charge in [0.25, 0.3) is 11.7 Å². The van der Waals surface area contributed by atoms with Gasteiger partial charge >= 0.3 is 0 Å². The van der Waals surface area contributed by atoms with Gasteiger partial charge in [-0.15, -0.1) is 0 Å². The van der Waals surface area contributed by atoms with Crippen molar-refractivity contribution in [3.05, 3.63) is 42.5 Å². The van der Waals surface area contributed by atoms with Crippen LogP contribution in [0.25, 0.3) is 10.8 Å². The number of sulfone groups is 1. The van der Waals surface area contributed by atoms with E-state index >= 15 is 0 Å². The highest BCUT2D eigenvalue weighted by Gasteiger charge is 2.24. The number of carboxylic acid groups (broad SMARTS) is 1. The lowest BCUT2D eigenvalue weighted by Crippen LogP contribution is -2.86. The van der Waals surface area contributed by atoms with Crippen LogP contribution in [0.3, 0.4) is 0 Å². The number of amidine groups is 2. The fourth-order valence-corrected chi connectivity index (χ4v) is 4.63. The van der Waals surface area contributed by atoms with Crippen molar-refractivity contribution in [2.75, 3.05) is 31.9 Å². The number of β-amino-alcohol motifs (C(OH)–C–C–N with tert-alkyl or cyclic N) is 2. The summed E-state index contributed by atoms with van der Waals surface area (Å²) in [5.41, 5.74) is 0. The molecule has 0 spiro atoms.